The van der Waals surface area contributed by atoms with Gasteiger partial charge in [-0.25, -0.2) is 0 Å². The van der Waals surface area contributed by atoms with Crippen LogP contribution in [0, 0.1) is 0 Å². The number of hydrogen-bond donors (Lipinski definition) is 1. The second kappa shape index (κ2) is 5.19. The summed E-state index contributed by atoms with van der Waals surface area (Å²) in [7, 11) is 1.70. The first-order valence-electron chi connectivity index (χ1n) is 4.70. The number of carbonyl (C=O) groups is 1. The van der Waals surface area contributed by atoms with Crippen molar-refractivity contribution < 1.29 is 14.6 Å². The second-order valence-electron chi connectivity index (χ2n) is 3.38. The highest BCUT2D eigenvalue weighted by atomic mass is 16.5. The summed E-state index contributed by atoms with van der Waals surface area (Å²) in [5.74, 6) is 0.0564. The molecule has 0 aromatic heterocycles. The molecule has 4 nitrogen and oxygen atoms in total. The Bertz CT molecular complexity index is 166. The maximum absolute atomic E-state index is 11.4. The van der Waals surface area contributed by atoms with Crippen LogP contribution in [0.25, 0.3) is 0 Å². The van der Waals surface area contributed by atoms with E-state index in [0.717, 1.165) is 19.4 Å². The SMILES string of the molecule is CN(CCO)C(=O)CC1CCCO1. The Morgan fingerprint density at radius 1 is 1.69 bits per heavy atom. The Kier molecular flexibility index (Phi) is 4.18. The van der Waals surface area contributed by atoms with Crippen LogP contribution in [-0.4, -0.2) is 48.8 Å². The fraction of sp³-hybridized carbons (Fsp3) is 0.889. The molecule has 1 aliphatic heterocycles. The van der Waals surface area contributed by atoms with E-state index in [9.17, 15) is 4.79 Å². The molecule has 1 amide bonds. The molecule has 1 saturated heterocycles. The van der Waals surface area contributed by atoms with Gasteiger partial charge < -0.3 is 14.7 Å². The minimum absolute atomic E-state index is 0.0216. The second-order valence-corrected chi connectivity index (χ2v) is 3.38. The summed E-state index contributed by atoms with van der Waals surface area (Å²) in [6.07, 6.45) is 2.60. The lowest BCUT2D eigenvalue weighted by Gasteiger charge is -2.17. The monoisotopic (exact) mass is 187 g/mol. The van der Waals surface area contributed by atoms with Crippen molar-refractivity contribution in [1.82, 2.24) is 4.90 Å². The van der Waals surface area contributed by atoms with Gasteiger partial charge in [0.25, 0.3) is 0 Å². The van der Waals surface area contributed by atoms with E-state index in [2.05, 4.69) is 0 Å². The minimum Gasteiger partial charge on any atom is -0.395 e. The molecule has 1 unspecified atom stereocenters. The highest BCUT2D eigenvalue weighted by molar-refractivity contribution is 5.76. The van der Waals surface area contributed by atoms with Gasteiger partial charge in [-0.2, -0.15) is 0 Å². The average Bonchev–Trinajstić information content (AvgIpc) is 2.57. The lowest BCUT2D eigenvalue weighted by atomic mass is 10.1. The van der Waals surface area contributed by atoms with Crippen LogP contribution in [0.4, 0.5) is 0 Å². The van der Waals surface area contributed by atoms with Crippen molar-refractivity contribution in [2.45, 2.75) is 25.4 Å². The number of amides is 1. The van der Waals surface area contributed by atoms with E-state index in [1.54, 1.807) is 11.9 Å². The van der Waals surface area contributed by atoms with E-state index in [1.807, 2.05) is 0 Å². The Labute approximate surface area is 78.5 Å². The first-order chi connectivity index (χ1) is 6.24. The van der Waals surface area contributed by atoms with Gasteiger partial charge in [-0.1, -0.05) is 0 Å². The number of ether oxygens (including phenoxy) is 1. The molecule has 1 rings (SSSR count). The molecule has 0 bridgehead atoms. The Morgan fingerprint density at radius 3 is 3.00 bits per heavy atom. The van der Waals surface area contributed by atoms with Gasteiger partial charge in [0.1, 0.15) is 0 Å². The zero-order valence-electron chi connectivity index (χ0n) is 8.03. The normalized spacial score (nSPS) is 21.8. The zero-order chi connectivity index (χ0) is 9.68. The van der Waals surface area contributed by atoms with Gasteiger partial charge in [-0.3, -0.25) is 4.79 Å². The summed E-state index contributed by atoms with van der Waals surface area (Å²) in [6.45, 7) is 1.21. The highest BCUT2D eigenvalue weighted by Gasteiger charge is 2.20. The molecule has 0 aromatic rings. The van der Waals surface area contributed by atoms with E-state index >= 15 is 0 Å². The molecule has 0 aromatic carbocycles. The number of nitrogens with zero attached hydrogens (tertiary/aromatic N) is 1. The molecular formula is C9H17NO3. The van der Waals surface area contributed by atoms with Crippen LogP contribution in [-0.2, 0) is 9.53 Å². The number of rotatable bonds is 4. The maximum atomic E-state index is 11.4. The number of carbonyl (C=O) groups excluding carboxylic acids is 1. The third-order valence-electron chi connectivity index (χ3n) is 2.29. The van der Waals surface area contributed by atoms with Gasteiger partial charge in [0.05, 0.1) is 19.1 Å². The van der Waals surface area contributed by atoms with Crippen molar-refractivity contribution in [1.29, 1.82) is 0 Å². The van der Waals surface area contributed by atoms with Gasteiger partial charge in [-0.15, -0.1) is 0 Å². The summed E-state index contributed by atoms with van der Waals surface area (Å²) in [5, 5.41) is 8.62. The lowest BCUT2D eigenvalue weighted by molar-refractivity contribution is -0.132. The topological polar surface area (TPSA) is 49.8 Å². The predicted octanol–water partition coefficient (Wildman–Crippen LogP) is 0.00620. The minimum atomic E-state index is 0.0216. The maximum Gasteiger partial charge on any atom is 0.225 e. The fourth-order valence-corrected chi connectivity index (χ4v) is 1.43. The number of aliphatic hydroxyl groups is 1. The van der Waals surface area contributed by atoms with E-state index in [1.165, 1.54) is 0 Å². The first-order valence-corrected chi connectivity index (χ1v) is 4.70. The van der Waals surface area contributed by atoms with Gasteiger partial charge in [0.2, 0.25) is 5.91 Å². The quantitative estimate of drug-likeness (QED) is 0.674. The van der Waals surface area contributed by atoms with E-state index < -0.39 is 0 Å². The number of likely N-dealkylation sites (N-methyl/N-ethyl adjacent to an activating group) is 1. The summed E-state index contributed by atoms with van der Waals surface area (Å²) in [4.78, 5) is 13.0. The van der Waals surface area contributed by atoms with Gasteiger partial charge >= 0.3 is 0 Å². The van der Waals surface area contributed by atoms with Crippen LogP contribution in [0.3, 0.4) is 0 Å². The fourth-order valence-electron chi connectivity index (χ4n) is 1.43. The van der Waals surface area contributed by atoms with Crippen LogP contribution in [0.15, 0.2) is 0 Å². The average molecular weight is 187 g/mol. The molecule has 1 heterocycles. The molecule has 13 heavy (non-hydrogen) atoms. The van der Waals surface area contributed by atoms with Crippen LogP contribution < -0.4 is 0 Å². The largest absolute Gasteiger partial charge is 0.395 e. The lowest BCUT2D eigenvalue weighted by Crippen LogP contribution is -2.31. The smallest absolute Gasteiger partial charge is 0.225 e. The molecule has 1 atom stereocenters. The van der Waals surface area contributed by atoms with Crippen LogP contribution in [0.1, 0.15) is 19.3 Å². The van der Waals surface area contributed by atoms with E-state index in [0.29, 0.717) is 13.0 Å². The molecule has 0 aliphatic carbocycles. The van der Waals surface area contributed by atoms with Crippen LogP contribution >= 0.6 is 0 Å². The molecule has 1 aliphatic rings. The van der Waals surface area contributed by atoms with Crippen molar-refractivity contribution in [2.75, 3.05) is 26.8 Å². The van der Waals surface area contributed by atoms with Crippen molar-refractivity contribution in [3.8, 4) is 0 Å². The third-order valence-corrected chi connectivity index (χ3v) is 2.29. The molecule has 0 radical (unpaired) electrons. The van der Waals surface area contributed by atoms with Crippen LogP contribution in [0.5, 0.6) is 0 Å². The molecular weight excluding hydrogens is 170 g/mol. The molecule has 0 saturated carbocycles. The Balaban J connectivity index is 2.22. The van der Waals surface area contributed by atoms with Gasteiger partial charge in [0, 0.05) is 20.2 Å². The number of aliphatic hydroxyl groups excluding tert-OH is 1. The van der Waals surface area contributed by atoms with Gasteiger partial charge in [-0.05, 0) is 12.8 Å². The Morgan fingerprint density at radius 2 is 2.46 bits per heavy atom. The highest BCUT2D eigenvalue weighted by Crippen LogP contribution is 2.15. The number of hydrogen-bond acceptors (Lipinski definition) is 3. The summed E-state index contributed by atoms with van der Waals surface area (Å²) in [6, 6.07) is 0. The van der Waals surface area contributed by atoms with Crippen molar-refractivity contribution in [2.24, 2.45) is 0 Å². The third kappa shape index (κ3) is 3.32. The van der Waals surface area contributed by atoms with Crippen LogP contribution in [0.2, 0.25) is 0 Å². The summed E-state index contributed by atoms with van der Waals surface area (Å²) < 4.78 is 5.34. The van der Waals surface area contributed by atoms with Crippen molar-refractivity contribution >= 4 is 5.91 Å². The van der Waals surface area contributed by atoms with Gasteiger partial charge in [0.15, 0.2) is 0 Å². The zero-order valence-corrected chi connectivity index (χ0v) is 8.03. The standard InChI is InChI=1S/C9H17NO3/c1-10(4-5-11)9(12)7-8-3-2-6-13-8/h8,11H,2-7H2,1H3. The van der Waals surface area contributed by atoms with Crippen molar-refractivity contribution in [3.05, 3.63) is 0 Å². The van der Waals surface area contributed by atoms with E-state index in [4.69, 9.17) is 9.84 Å². The molecule has 0 spiro atoms. The summed E-state index contributed by atoms with van der Waals surface area (Å²) in [5.41, 5.74) is 0. The molecule has 1 N–H and O–H groups in total. The molecule has 76 valence electrons. The Hall–Kier alpha value is -0.610. The molecule has 1 fully saturated rings. The van der Waals surface area contributed by atoms with Crippen molar-refractivity contribution in [3.63, 3.8) is 0 Å². The van der Waals surface area contributed by atoms with E-state index in [-0.39, 0.29) is 18.6 Å². The first kappa shape index (κ1) is 10.5. The predicted molar refractivity (Wildman–Crippen MR) is 48.3 cm³/mol. The summed E-state index contributed by atoms with van der Waals surface area (Å²) >= 11 is 0. The molecule has 4 heteroatoms.